The molecular formula is C13H16N4O3S. The van der Waals surface area contributed by atoms with E-state index in [1.54, 1.807) is 13.2 Å². The molecule has 21 heavy (non-hydrogen) atoms. The zero-order valence-corrected chi connectivity index (χ0v) is 12.5. The van der Waals surface area contributed by atoms with E-state index in [2.05, 4.69) is 9.97 Å². The van der Waals surface area contributed by atoms with E-state index in [9.17, 15) is 8.42 Å². The van der Waals surface area contributed by atoms with Crippen molar-refractivity contribution in [1.82, 2.24) is 14.3 Å². The topological polar surface area (TPSA) is 98.4 Å². The summed E-state index contributed by atoms with van der Waals surface area (Å²) in [6.07, 6.45) is 2.38. The number of hydrogen-bond donors (Lipinski definition) is 1. The number of sulfonamides is 1. The van der Waals surface area contributed by atoms with Crippen LogP contribution >= 0.6 is 0 Å². The van der Waals surface area contributed by atoms with E-state index in [-0.39, 0.29) is 17.4 Å². The zero-order chi connectivity index (χ0) is 15.5. The van der Waals surface area contributed by atoms with E-state index in [1.165, 1.54) is 23.7 Å². The number of aromatic nitrogens is 2. The third-order valence-corrected chi connectivity index (χ3v) is 4.70. The van der Waals surface area contributed by atoms with Gasteiger partial charge in [0.25, 0.3) is 0 Å². The van der Waals surface area contributed by atoms with Crippen molar-refractivity contribution < 1.29 is 13.2 Å². The van der Waals surface area contributed by atoms with Gasteiger partial charge in [0.1, 0.15) is 10.6 Å². The molecule has 0 aliphatic carbocycles. The molecule has 0 atom stereocenters. The lowest BCUT2D eigenvalue weighted by Gasteiger charge is -2.18. The Morgan fingerprint density at radius 2 is 1.86 bits per heavy atom. The number of nitrogens with two attached hydrogens (primary N) is 1. The van der Waals surface area contributed by atoms with Gasteiger partial charge >= 0.3 is 0 Å². The van der Waals surface area contributed by atoms with Gasteiger partial charge < -0.3 is 10.5 Å². The van der Waals surface area contributed by atoms with Crippen molar-refractivity contribution in [2.24, 2.45) is 0 Å². The van der Waals surface area contributed by atoms with Gasteiger partial charge in [-0.2, -0.15) is 4.31 Å². The number of benzene rings is 1. The number of nitrogens with zero attached hydrogens (tertiary/aromatic N) is 3. The molecule has 0 spiro atoms. The first-order valence-electron chi connectivity index (χ1n) is 6.11. The van der Waals surface area contributed by atoms with Crippen molar-refractivity contribution in [3.63, 3.8) is 0 Å². The predicted octanol–water partition coefficient (Wildman–Crippen LogP) is 0.888. The Morgan fingerprint density at radius 1 is 1.24 bits per heavy atom. The Kier molecular flexibility index (Phi) is 4.39. The first kappa shape index (κ1) is 15.2. The molecule has 0 unspecified atom stereocenters. The third-order valence-electron chi connectivity index (χ3n) is 2.94. The minimum Gasteiger partial charge on any atom is -0.496 e. The molecule has 2 rings (SSSR count). The molecule has 7 nitrogen and oxygen atoms in total. The quantitative estimate of drug-likeness (QED) is 0.880. The smallest absolute Gasteiger partial charge is 0.246 e. The van der Waals surface area contributed by atoms with Gasteiger partial charge in [0.2, 0.25) is 16.0 Å². The number of anilines is 1. The second-order valence-corrected chi connectivity index (χ2v) is 6.39. The van der Waals surface area contributed by atoms with Crippen LogP contribution in [0.5, 0.6) is 5.75 Å². The van der Waals surface area contributed by atoms with Crippen molar-refractivity contribution in [2.45, 2.75) is 11.4 Å². The minimum atomic E-state index is -3.68. The van der Waals surface area contributed by atoms with Crippen molar-refractivity contribution >= 4 is 16.0 Å². The van der Waals surface area contributed by atoms with Crippen LogP contribution in [0.25, 0.3) is 0 Å². The highest BCUT2D eigenvalue weighted by molar-refractivity contribution is 7.89. The molecule has 2 aromatic rings. The molecule has 0 fully saturated rings. The molecule has 0 bridgehead atoms. The highest BCUT2D eigenvalue weighted by Gasteiger charge is 2.22. The van der Waals surface area contributed by atoms with Crippen molar-refractivity contribution in [2.75, 3.05) is 19.9 Å². The fourth-order valence-electron chi connectivity index (χ4n) is 1.80. The Balaban J connectivity index is 2.26. The normalized spacial score (nSPS) is 11.6. The second kappa shape index (κ2) is 6.06. The number of hydrogen-bond acceptors (Lipinski definition) is 6. The maximum absolute atomic E-state index is 12.4. The van der Waals surface area contributed by atoms with E-state index in [0.717, 1.165) is 5.56 Å². The number of rotatable bonds is 5. The number of nitrogen functional groups attached to an aromatic ring is 1. The van der Waals surface area contributed by atoms with Crippen LogP contribution in [0.15, 0.2) is 41.6 Å². The highest BCUT2D eigenvalue weighted by Crippen LogP contribution is 2.22. The molecule has 0 aliphatic heterocycles. The second-order valence-electron chi connectivity index (χ2n) is 4.35. The zero-order valence-electron chi connectivity index (χ0n) is 11.7. The molecule has 1 heterocycles. The summed E-state index contributed by atoms with van der Waals surface area (Å²) in [6.45, 7) is 0.177. The molecule has 112 valence electrons. The van der Waals surface area contributed by atoms with E-state index < -0.39 is 10.0 Å². The molecule has 0 aliphatic rings. The van der Waals surface area contributed by atoms with Crippen LogP contribution in [0.2, 0.25) is 0 Å². The molecule has 8 heteroatoms. The van der Waals surface area contributed by atoms with Crippen LogP contribution in [0, 0.1) is 0 Å². The largest absolute Gasteiger partial charge is 0.496 e. The van der Waals surface area contributed by atoms with E-state index >= 15 is 0 Å². The van der Waals surface area contributed by atoms with Gasteiger partial charge in [-0.15, -0.1) is 0 Å². The van der Waals surface area contributed by atoms with Crippen LogP contribution in [-0.2, 0) is 16.6 Å². The van der Waals surface area contributed by atoms with Crippen LogP contribution in [0.3, 0.4) is 0 Å². The predicted molar refractivity (Wildman–Crippen MR) is 78.1 cm³/mol. The van der Waals surface area contributed by atoms with Crippen molar-refractivity contribution in [3.05, 3.63) is 42.2 Å². The molecule has 0 radical (unpaired) electrons. The summed E-state index contributed by atoms with van der Waals surface area (Å²) in [5.74, 6) is 0.662. The summed E-state index contributed by atoms with van der Waals surface area (Å²) < 4.78 is 31.2. The van der Waals surface area contributed by atoms with Crippen LogP contribution in [0.1, 0.15) is 5.56 Å². The van der Waals surface area contributed by atoms with Gasteiger partial charge in [0.15, 0.2) is 0 Å². The van der Waals surface area contributed by atoms with Crippen LogP contribution in [-0.4, -0.2) is 36.8 Å². The summed E-state index contributed by atoms with van der Waals surface area (Å²) in [7, 11) is -0.655. The average molecular weight is 308 g/mol. The third kappa shape index (κ3) is 3.29. The van der Waals surface area contributed by atoms with Gasteiger partial charge in [0.05, 0.1) is 19.5 Å². The van der Waals surface area contributed by atoms with Gasteiger partial charge in [-0.1, -0.05) is 18.2 Å². The molecule has 0 saturated heterocycles. The van der Waals surface area contributed by atoms with Gasteiger partial charge in [-0.3, -0.25) is 0 Å². The van der Waals surface area contributed by atoms with Gasteiger partial charge in [-0.05, 0) is 6.07 Å². The van der Waals surface area contributed by atoms with Crippen molar-refractivity contribution in [1.29, 1.82) is 0 Å². The SMILES string of the molecule is COc1ccccc1CN(C)S(=O)(=O)c1cnc(N)nc1. The lowest BCUT2D eigenvalue weighted by molar-refractivity contribution is 0.398. The minimum absolute atomic E-state index is 0.00546. The molecule has 0 amide bonds. The fourth-order valence-corrected chi connectivity index (χ4v) is 2.84. The van der Waals surface area contributed by atoms with Crippen LogP contribution in [0.4, 0.5) is 5.95 Å². The summed E-state index contributed by atoms with van der Waals surface area (Å²) >= 11 is 0. The number of para-hydroxylation sites is 1. The van der Waals surface area contributed by atoms with E-state index in [1.807, 2.05) is 18.2 Å². The molecule has 1 aromatic heterocycles. The average Bonchev–Trinajstić information content (AvgIpc) is 2.48. The summed E-state index contributed by atoms with van der Waals surface area (Å²) in [5, 5.41) is 0. The maximum atomic E-state index is 12.4. The van der Waals surface area contributed by atoms with E-state index in [4.69, 9.17) is 10.5 Å². The summed E-state index contributed by atoms with van der Waals surface area (Å²) in [6, 6.07) is 7.24. The molecule has 1 aromatic carbocycles. The van der Waals surface area contributed by atoms with Gasteiger partial charge in [-0.25, -0.2) is 18.4 Å². The lowest BCUT2D eigenvalue weighted by atomic mass is 10.2. The van der Waals surface area contributed by atoms with Gasteiger partial charge in [0, 0.05) is 19.2 Å². The summed E-state index contributed by atoms with van der Waals surface area (Å²) in [4.78, 5) is 7.40. The highest BCUT2D eigenvalue weighted by atomic mass is 32.2. The monoisotopic (exact) mass is 308 g/mol. The van der Waals surface area contributed by atoms with Crippen molar-refractivity contribution in [3.8, 4) is 5.75 Å². The lowest BCUT2D eigenvalue weighted by Crippen LogP contribution is -2.27. The Hall–Kier alpha value is -2.19. The Morgan fingerprint density at radius 3 is 2.48 bits per heavy atom. The summed E-state index contributed by atoms with van der Waals surface area (Å²) in [5.41, 5.74) is 6.13. The first-order valence-corrected chi connectivity index (χ1v) is 7.55. The molecule has 2 N–H and O–H groups in total. The van der Waals surface area contributed by atoms with E-state index in [0.29, 0.717) is 5.75 Å². The number of methoxy groups -OCH3 is 1. The number of ether oxygens (including phenoxy) is 1. The fraction of sp³-hybridized carbons (Fsp3) is 0.231. The first-order chi connectivity index (χ1) is 9.95. The molecule has 0 saturated carbocycles. The Bertz CT molecular complexity index is 716. The standard InChI is InChI=1S/C13H16N4O3S/c1-17(9-10-5-3-4-6-12(10)20-2)21(18,19)11-7-15-13(14)16-8-11/h3-8H,9H2,1-2H3,(H2,14,15,16). The molecular weight excluding hydrogens is 292 g/mol. The Labute approximate surface area is 123 Å². The maximum Gasteiger partial charge on any atom is 0.246 e. The van der Waals surface area contributed by atoms with Crippen LogP contribution < -0.4 is 10.5 Å².